The first-order valence-electron chi connectivity index (χ1n) is 17.4. The summed E-state index contributed by atoms with van der Waals surface area (Å²) in [6.07, 6.45) is 29.7. The molecule has 5 aliphatic carbocycles. The third-order valence-electron chi connectivity index (χ3n) is 12.3. The zero-order valence-corrected chi connectivity index (χ0v) is 27.0. The summed E-state index contributed by atoms with van der Waals surface area (Å²) in [6, 6.07) is 15.8. The second kappa shape index (κ2) is 11.3. The van der Waals surface area contributed by atoms with Crippen molar-refractivity contribution in [3.05, 3.63) is 95.7 Å². The van der Waals surface area contributed by atoms with Gasteiger partial charge in [-0.15, -0.1) is 0 Å². The van der Waals surface area contributed by atoms with Gasteiger partial charge in [-0.1, -0.05) is 85.4 Å². The molecule has 8 rings (SSSR count). The minimum atomic E-state index is -0.512. The number of nitriles is 3. The quantitative estimate of drug-likeness (QED) is 0.325. The van der Waals surface area contributed by atoms with Crippen LogP contribution < -0.4 is 4.90 Å². The molecule has 1 aromatic rings. The van der Waals surface area contributed by atoms with Gasteiger partial charge in [0.2, 0.25) is 0 Å². The van der Waals surface area contributed by atoms with Gasteiger partial charge >= 0.3 is 0 Å². The molecule has 7 aliphatic rings. The molecule has 0 radical (unpaired) electrons. The third-order valence-corrected chi connectivity index (χ3v) is 12.3. The van der Waals surface area contributed by atoms with E-state index in [4.69, 9.17) is 0 Å². The van der Waals surface area contributed by atoms with E-state index in [0.29, 0.717) is 23.9 Å². The van der Waals surface area contributed by atoms with Gasteiger partial charge in [-0.3, -0.25) is 4.90 Å². The van der Waals surface area contributed by atoms with Crippen LogP contribution in [0.2, 0.25) is 0 Å². The van der Waals surface area contributed by atoms with Gasteiger partial charge in [0.1, 0.15) is 0 Å². The molecule has 0 aromatic heterocycles. The fraction of sp³-hybridized carbons (Fsp3) is 0.488. The van der Waals surface area contributed by atoms with Crippen LogP contribution in [0.3, 0.4) is 0 Å². The number of hydrogen-bond donors (Lipinski definition) is 0. The predicted molar refractivity (Wildman–Crippen MR) is 182 cm³/mol. The lowest BCUT2D eigenvalue weighted by Crippen LogP contribution is -2.47. The molecule has 46 heavy (non-hydrogen) atoms. The molecule has 5 nitrogen and oxygen atoms in total. The molecule has 0 amide bonds. The molecule has 2 aliphatic heterocycles. The molecule has 0 N–H and O–H groups in total. The number of fused-ring (bicyclic) bond motifs is 6. The van der Waals surface area contributed by atoms with Crippen LogP contribution in [0.25, 0.3) is 5.57 Å². The molecule has 0 saturated carbocycles. The van der Waals surface area contributed by atoms with Crippen molar-refractivity contribution >= 4 is 11.3 Å². The van der Waals surface area contributed by atoms with E-state index >= 15 is 0 Å². The van der Waals surface area contributed by atoms with Crippen molar-refractivity contribution in [3.8, 4) is 18.2 Å². The lowest BCUT2D eigenvalue weighted by Gasteiger charge is -2.41. The Balaban J connectivity index is 1.21. The molecule has 11 atom stereocenters. The highest BCUT2D eigenvalue weighted by molar-refractivity contribution is 5.83. The Kier molecular flexibility index (Phi) is 7.20. The summed E-state index contributed by atoms with van der Waals surface area (Å²) in [5.74, 6) is 1.24. The summed E-state index contributed by atoms with van der Waals surface area (Å²) in [5, 5.41) is 30.2. The van der Waals surface area contributed by atoms with E-state index in [0.717, 1.165) is 44.9 Å². The van der Waals surface area contributed by atoms with E-state index in [1.54, 1.807) is 0 Å². The maximum atomic E-state index is 10.2. The normalized spacial score (nSPS) is 40.5. The van der Waals surface area contributed by atoms with Crippen LogP contribution in [-0.2, 0) is 0 Å². The number of benzene rings is 1. The van der Waals surface area contributed by atoms with Gasteiger partial charge in [0.15, 0.2) is 0 Å². The fourth-order valence-electron chi connectivity index (χ4n) is 10.2. The van der Waals surface area contributed by atoms with Crippen molar-refractivity contribution in [1.29, 1.82) is 15.8 Å². The lowest BCUT2D eigenvalue weighted by molar-refractivity contribution is 0.150. The van der Waals surface area contributed by atoms with Crippen molar-refractivity contribution in [2.75, 3.05) is 4.90 Å². The largest absolute Gasteiger partial charge is 0.360 e. The van der Waals surface area contributed by atoms with Crippen LogP contribution in [0.1, 0.15) is 75.8 Å². The topological polar surface area (TPSA) is 77.8 Å². The maximum Gasteiger partial charge on any atom is 0.0732 e. The summed E-state index contributed by atoms with van der Waals surface area (Å²) >= 11 is 0. The number of allylic oxidation sites excluding steroid dienone is 6. The molecule has 11 unspecified atom stereocenters. The standard InChI is InChI=1S/C41H43N5/c1-26-8-5-14-37-39(26)32-20-27(23-42)16-17-35(32)45(37)30-11-6-10-28(21-30)31-12-7-15-38-40(31)33-22-41(2,25-44)19-18-36(33)46(38)34-13-4-3-9-29(34)24-43/h3-7,10,12,14-15,18-21,26-27,29-30,33-37,39H,8-9,11,13,16-17,22H2,1-2H3. The highest BCUT2D eigenvalue weighted by Gasteiger charge is 2.51. The molecular weight excluding hydrogens is 562 g/mol. The first-order valence-corrected chi connectivity index (χ1v) is 17.4. The van der Waals surface area contributed by atoms with E-state index < -0.39 is 5.41 Å². The minimum Gasteiger partial charge on any atom is -0.360 e. The molecule has 2 heterocycles. The smallest absolute Gasteiger partial charge is 0.0732 e. The number of nitrogens with zero attached hydrogens (tertiary/aromatic N) is 5. The van der Waals surface area contributed by atoms with Crippen LogP contribution in [0.4, 0.5) is 5.69 Å². The molecule has 1 fully saturated rings. The Morgan fingerprint density at radius 3 is 2.59 bits per heavy atom. The Morgan fingerprint density at radius 2 is 1.76 bits per heavy atom. The average molecular weight is 606 g/mol. The molecule has 1 aromatic carbocycles. The van der Waals surface area contributed by atoms with Crippen molar-refractivity contribution in [2.24, 2.45) is 29.1 Å². The third kappa shape index (κ3) is 4.49. The second-order valence-corrected chi connectivity index (χ2v) is 15.0. The van der Waals surface area contributed by atoms with Crippen LogP contribution in [0.5, 0.6) is 0 Å². The highest BCUT2D eigenvalue weighted by atomic mass is 15.3. The number of hydrogen-bond acceptors (Lipinski definition) is 5. The molecule has 232 valence electrons. The molecule has 5 heteroatoms. The van der Waals surface area contributed by atoms with Gasteiger partial charge in [0.25, 0.3) is 0 Å². The van der Waals surface area contributed by atoms with E-state index in [1.807, 2.05) is 0 Å². The van der Waals surface area contributed by atoms with Gasteiger partial charge in [0.05, 0.1) is 41.5 Å². The van der Waals surface area contributed by atoms with Crippen molar-refractivity contribution < 1.29 is 0 Å². The second-order valence-electron chi connectivity index (χ2n) is 15.0. The van der Waals surface area contributed by atoms with Crippen molar-refractivity contribution in [3.63, 3.8) is 0 Å². The van der Waals surface area contributed by atoms with Crippen molar-refractivity contribution in [1.82, 2.24) is 4.90 Å². The summed E-state index contributed by atoms with van der Waals surface area (Å²) < 4.78 is 0. The van der Waals surface area contributed by atoms with E-state index in [2.05, 4.69) is 121 Å². The van der Waals surface area contributed by atoms with Crippen LogP contribution in [-0.4, -0.2) is 35.1 Å². The predicted octanol–water partition coefficient (Wildman–Crippen LogP) is 8.14. The van der Waals surface area contributed by atoms with Gasteiger partial charge in [-0.05, 0) is 80.6 Å². The Bertz CT molecular complexity index is 1740. The van der Waals surface area contributed by atoms with Gasteiger partial charge in [-0.2, -0.15) is 15.8 Å². The summed E-state index contributed by atoms with van der Waals surface area (Å²) in [5.41, 5.74) is 6.14. The number of rotatable bonds is 3. The van der Waals surface area contributed by atoms with Crippen LogP contribution in [0.15, 0.2) is 84.5 Å². The Morgan fingerprint density at radius 1 is 0.891 bits per heavy atom. The van der Waals surface area contributed by atoms with Gasteiger partial charge in [0, 0.05) is 41.7 Å². The summed E-state index contributed by atoms with van der Waals surface area (Å²) in [6.45, 7) is 4.46. The summed E-state index contributed by atoms with van der Waals surface area (Å²) in [4.78, 5) is 5.34. The number of likely N-dealkylation sites (tertiary alicyclic amines) is 1. The van der Waals surface area contributed by atoms with Crippen LogP contribution in [0, 0.1) is 63.1 Å². The Labute approximate surface area is 274 Å². The zero-order chi connectivity index (χ0) is 31.6. The summed E-state index contributed by atoms with van der Waals surface area (Å²) in [7, 11) is 0. The first kappa shape index (κ1) is 29.3. The molecule has 0 bridgehead atoms. The van der Waals surface area contributed by atoms with Gasteiger partial charge in [-0.25, -0.2) is 0 Å². The highest BCUT2D eigenvalue weighted by Crippen LogP contribution is 2.55. The SMILES string of the molecule is CC1CC=CC2C1C1=CC(C#N)CCC1N2C1C=C(c2cccc3c2C2CC(C)(C#N)C=CC2N3C2CC=CCC2C#N)C=CC1. The van der Waals surface area contributed by atoms with E-state index in [1.165, 1.54) is 28.0 Å². The molecular formula is C41H43N5. The van der Waals surface area contributed by atoms with E-state index in [9.17, 15) is 15.8 Å². The average Bonchev–Trinajstić information content (AvgIpc) is 3.60. The zero-order valence-electron chi connectivity index (χ0n) is 27.0. The molecule has 1 saturated heterocycles. The first-order chi connectivity index (χ1) is 22.4. The van der Waals surface area contributed by atoms with E-state index in [-0.39, 0.29) is 35.9 Å². The Hall–Kier alpha value is -4.11. The lowest BCUT2D eigenvalue weighted by atomic mass is 9.71. The minimum absolute atomic E-state index is 0.0361. The monoisotopic (exact) mass is 605 g/mol. The molecule has 0 spiro atoms. The number of anilines is 1. The fourth-order valence-corrected chi connectivity index (χ4v) is 10.2. The maximum absolute atomic E-state index is 10.2. The van der Waals surface area contributed by atoms with Gasteiger partial charge < -0.3 is 4.90 Å². The van der Waals surface area contributed by atoms with Crippen molar-refractivity contribution in [2.45, 2.75) is 94.9 Å². The van der Waals surface area contributed by atoms with Crippen LogP contribution >= 0.6 is 0 Å².